The van der Waals surface area contributed by atoms with Crippen molar-refractivity contribution in [3.8, 4) is 5.75 Å². The predicted octanol–water partition coefficient (Wildman–Crippen LogP) is 5.57. The molecule has 1 aliphatic heterocycles. The molecule has 1 saturated carbocycles. The number of nitrogens with two attached hydrogens (primary N) is 1. The average molecular weight is 629 g/mol. The predicted molar refractivity (Wildman–Crippen MR) is 168 cm³/mol. The van der Waals surface area contributed by atoms with Crippen LogP contribution in [-0.4, -0.2) is 58.2 Å². The summed E-state index contributed by atoms with van der Waals surface area (Å²) in [6, 6.07) is 11.4. The van der Waals surface area contributed by atoms with Gasteiger partial charge in [-0.1, -0.05) is 23.7 Å². The molecule has 0 amide bonds. The quantitative estimate of drug-likeness (QED) is 0.367. The molecular weight excluding hydrogens is 588 g/mol. The van der Waals surface area contributed by atoms with E-state index in [1.54, 1.807) is 25.3 Å². The van der Waals surface area contributed by atoms with E-state index in [-0.39, 0.29) is 28.8 Å². The Balaban J connectivity index is 1.28. The number of ether oxygens (including phenoxy) is 2. The van der Waals surface area contributed by atoms with Crippen LogP contribution in [0.1, 0.15) is 66.4 Å². The van der Waals surface area contributed by atoms with Crippen LogP contribution < -0.4 is 14.8 Å². The highest BCUT2D eigenvalue weighted by Crippen LogP contribution is 2.48. The minimum atomic E-state index is -3.49. The maximum Gasteiger partial charge on any atom is 0.335 e. The highest BCUT2D eigenvalue weighted by Gasteiger charge is 2.45. The first-order valence-electron chi connectivity index (χ1n) is 15.3. The summed E-state index contributed by atoms with van der Waals surface area (Å²) >= 11 is 6.39. The Labute approximate surface area is 259 Å². The Morgan fingerprint density at radius 2 is 2.05 bits per heavy atom. The first kappa shape index (κ1) is 30.4. The molecule has 232 valence electrons. The smallest absolute Gasteiger partial charge is 0.335 e. The van der Waals surface area contributed by atoms with E-state index in [4.69, 9.17) is 26.2 Å². The van der Waals surface area contributed by atoms with Gasteiger partial charge >= 0.3 is 5.97 Å². The van der Waals surface area contributed by atoms with Gasteiger partial charge in [0.2, 0.25) is 10.0 Å². The second-order valence-corrected chi connectivity index (χ2v) is 15.1. The zero-order valence-electron chi connectivity index (χ0n) is 24.6. The molecule has 6 rings (SSSR count). The summed E-state index contributed by atoms with van der Waals surface area (Å²) < 4.78 is 35.9. The lowest BCUT2D eigenvalue weighted by Crippen LogP contribution is -2.50. The number of benzene rings is 2. The zero-order chi connectivity index (χ0) is 30.4. The lowest BCUT2D eigenvalue weighted by Gasteiger charge is -2.47. The summed E-state index contributed by atoms with van der Waals surface area (Å²) in [5.41, 5.74) is 4.65. The number of allylic oxidation sites excluding steroid dienone is 1. The number of sulfonamides is 1. The van der Waals surface area contributed by atoms with Crippen molar-refractivity contribution >= 4 is 33.3 Å². The van der Waals surface area contributed by atoms with E-state index in [0.29, 0.717) is 24.9 Å². The largest absolute Gasteiger partial charge is 0.490 e. The summed E-state index contributed by atoms with van der Waals surface area (Å²) in [4.78, 5) is 14.4. The number of hydrogen-bond acceptors (Lipinski definition) is 6. The van der Waals surface area contributed by atoms with Crippen LogP contribution in [0.2, 0.25) is 5.02 Å². The van der Waals surface area contributed by atoms with E-state index in [0.717, 1.165) is 74.5 Å². The monoisotopic (exact) mass is 628 g/mol. The van der Waals surface area contributed by atoms with Gasteiger partial charge in [-0.25, -0.2) is 18.4 Å². The van der Waals surface area contributed by atoms with Gasteiger partial charge in [-0.3, -0.25) is 0 Å². The molecule has 2 aromatic carbocycles. The Kier molecular flexibility index (Phi) is 8.54. The van der Waals surface area contributed by atoms with Gasteiger partial charge in [-0.05, 0) is 116 Å². The van der Waals surface area contributed by atoms with Gasteiger partial charge in [0.05, 0.1) is 29.7 Å². The van der Waals surface area contributed by atoms with Gasteiger partial charge < -0.3 is 19.5 Å². The number of fused-ring (bicyclic) bond motifs is 3. The molecule has 0 aromatic heterocycles. The molecule has 3 N–H and O–H groups in total. The van der Waals surface area contributed by atoms with Crippen LogP contribution in [0.3, 0.4) is 0 Å². The fourth-order valence-electron chi connectivity index (χ4n) is 8.00. The van der Waals surface area contributed by atoms with Crippen LogP contribution in [0.4, 0.5) is 5.69 Å². The Bertz CT molecular complexity index is 1530. The normalized spacial score (nSPS) is 27.7. The van der Waals surface area contributed by atoms with Crippen LogP contribution in [0.25, 0.3) is 0 Å². The van der Waals surface area contributed by atoms with Crippen LogP contribution in [0.15, 0.2) is 48.0 Å². The molecule has 1 heterocycles. The van der Waals surface area contributed by atoms with E-state index < -0.39 is 16.0 Å². The third kappa shape index (κ3) is 6.32. The summed E-state index contributed by atoms with van der Waals surface area (Å²) in [7, 11) is -1.72. The van der Waals surface area contributed by atoms with E-state index in [2.05, 4.69) is 23.1 Å². The topological polar surface area (TPSA) is 119 Å². The zero-order valence-corrected chi connectivity index (χ0v) is 26.2. The van der Waals surface area contributed by atoms with Crippen LogP contribution >= 0.6 is 11.6 Å². The number of rotatable bonds is 8. The van der Waals surface area contributed by atoms with Crippen molar-refractivity contribution in [1.29, 1.82) is 0 Å². The van der Waals surface area contributed by atoms with E-state index in [1.807, 2.05) is 6.07 Å². The SMILES string of the molecule is CO[C@@H](C1=CC[C@H](CS(N)(=O)=O)CC1)[C@@H]1CC[C@H]1CN1C[C@@]2(CCCc3cc(Cl)ccc32)COc2ccc(C(=O)O)cc21. The second kappa shape index (κ2) is 12.1. The summed E-state index contributed by atoms with van der Waals surface area (Å²) in [6.07, 6.45) is 9.59. The molecule has 0 saturated heterocycles. The Hall–Kier alpha value is -2.59. The van der Waals surface area contributed by atoms with E-state index in [9.17, 15) is 18.3 Å². The van der Waals surface area contributed by atoms with Gasteiger partial charge in [0.25, 0.3) is 0 Å². The van der Waals surface area contributed by atoms with Crippen molar-refractivity contribution in [2.45, 2.75) is 62.9 Å². The number of hydrogen-bond donors (Lipinski definition) is 2. The molecule has 8 nitrogen and oxygen atoms in total. The fraction of sp³-hybridized carbons (Fsp3) is 0.545. The number of carbonyl (C=O) groups is 1. The third-order valence-electron chi connectivity index (χ3n) is 10.2. The van der Waals surface area contributed by atoms with E-state index in [1.165, 1.54) is 16.7 Å². The highest BCUT2D eigenvalue weighted by molar-refractivity contribution is 7.89. The number of aromatic carboxylic acids is 1. The second-order valence-electron chi connectivity index (χ2n) is 13.0. The third-order valence-corrected chi connectivity index (χ3v) is 11.4. The number of carboxylic acids is 1. The first-order valence-corrected chi connectivity index (χ1v) is 17.4. The Morgan fingerprint density at radius 1 is 1.21 bits per heavy atom. The molecule has 1 fully saturated rings. The van der Waals surface area contributed by atoms with Crippen molar-refractivity contribution in [3.63, 3.8) is 0 Å². The summed E-state index contributed by atoms with van der Waals surface area (Å²) in [6.45, 7) is 2.03. The Morgan fingerprint density at radius 3 is 2.72 bits per heavy atom. The van der Waals surface area contributed by atoms with Crippen molar-refractivity contribution < 1.29 is 27.8 Å². The number of carboxylic acid groups (broad SMARTS) is 1. The number of nitrogens with zero attached hydrogens (tertiary/aromatic N) is 1. The number of halogens is 1. The van der Waals surface area contributed by atoms with Gasteiger partial charge in [0.1, 0.15) is 5.75 Å². The van der Waals surface area contributed by atoms with Gasteiger partial charge in [-0.2, -0.15) is 0 Å². The number of anilines is 1. The van der Waals surface area contributed by atoms with Crippen LogP contribution in [0, 0.1) is 17.8 Å². The van der Waals surface area contributed by atoms with Crippen molar-refractivity contribution in [3.05, 3.63) is 69.8 Å². The molecule has 10 heteroatoms. The maximum atomic E-state index is 12.0. The number of aryl methyl sites for hydroxylation is 1. The summed E-state index contributed by atoms with van der Waals surface area (Å²) in [5.74, 6) is 0.525. The van der Waals surface area contributed by atoms with E-state index >= 15 is 0 Å². The van der Waals surface area contributed by atoms with Crippen LogP contribution in [0.5, 0.6) is 5.75 Å². The molecule has 4 aliphatic rings. The molecule has 0 radical (unpaired) electrons. The molecule has 5 atom stereocenters. The fourth-order valence-corrected chi connectivity index (χ4v) is 9.15. The van der Waals surface area contributed by atoms with Crippen molar-refractivity contribution in [2.75, 3.05) is 37.5 Å². The first-order chi connectivity index (χ1) is 20.5. The standard InChI is InChI=1S/C33H41ClN2O6S/c1-41-31(22-6-4-21(5-7-22)18-43(35,39)40)27-11-8-25(27)17-36-19-33(14-2-3-23-15-26(34)10-12-28(23)33)20-42-30-13-9-24(32(37)38)16-29(30)36/h6,9-10,12-13,15-16,21,25,27,31H,2-5,7-8,11,14,17-20H2,1H3,(H,37,38)(H2,35,39,40)/t21-,25-,27+,31-,33-/m0/s1. The van der Waals surface area contributed by atoms with Crippen molar-refractivity contribution in [1.82, 2.24) is 0 Å². The molecule has 2 aromatic rings. The average Bonchev–Trinajstić information content (AvgIpc) is 3.10. The molecule has 0 bridgehead atoms. The molecule has 43 heavy (non-hydrogen) atoms. The lowest BCUT2D eigenvalue weighted by molar-refractivity contribution is 0.00323. The molecule has 1 spiro atoms. The number of primary sulfonamides is 1. The minimum absolute atomic E-state index is 0.0197. The molecule has 0 unspecified atom stereocenters. The lowest BCUT2D eigenvalue weighted by atomic mass is 9.66. The van der Waals surface area contributed by atoms with Crippen LogP contribution in [-0.2, 0) is 26.6 Å². The molecule has 3 aliphatic carbocycles. The summed E-state index contributed by atoms with van der Waals surface area (Å²) in [5, 5.41) is 15.9. The van der Waals surface area contributed by atoms with Gasteiger partial charge in [0, 0.05) is 30.6 Å². The highest BCUT2D eigenvalue weighted by atomic mass is 35.5. The number of methoxy groups -OCH3 is 1. The van der Waals surface area contributed by atoms with Gasteiger partial charge in [0.15, 0.2) is 0 Å². The minimum Gasteiger partial charge on any atom is -0.490 e. The van der Waals surface area contributed by atoms with Gasteiger partial charge in [-0.15, -0.1) is 0 Å². The maximum absolute atomic E-state index is 12.0. The van der Waals surface area contributed by atoms with Crippen molar-refractivity contribution in [2.24, 2.45) is 22.9 Å². The molecular formula is C33H41ClN2O6S.